The SMILES string of the molecule is C[N@@+]1(C/C=C/c2ccccc2)[CH-]CCCC1. The van der Waals surface area contributed by atoms with Crippen molar-refractivity contribution in [1.29, 1.82) is 0 Å². The second-order valence-corrected chi connectivity index (χ2v) is 4.88. The van der Waals surface area contributed by atoms with Gasteiger partial charge in [0.25, 0.3) is 0 Å². The van der Waals surface area contributed by atoms with Crippen molar-refractivity contribution in [2.75, 3.05) is 20.1 Å². The minimum atomic E-state index is 1.10. The highest BCUT2D eigenvalue weighted by Gasteiger charge is 2.14. The maximum absolute atomic E-state index is 2.46. The highest BCUT2D eigenvalue weighted by atomic mass is 15.3. The van der Waals surface area contributed by atoms with E-state index in [2.05, 4.69) is 56.1 Å². The summed E-state index contributed by atoms with van der Waals surface area (Å²) in [4.78, 5) is 0. The van der Waals surface area contributed by atoms with Gasteiger partial charge in [-0.3, -0.25) is 0 Å². The molecule has 1 heterocycles. The number of hydrogen-bond acceptors (Lipinski definition) is 0. The number of quaternary nitrogens is 1. The fourth-order valence-corrected chi connectivity index (χ4v) is 2.27. The molecule has 0 N–H and O–H groups in total. The Morgan fingerprint density at radius 3 is 2.75 bits per heavy atom. The summed E-state index contributed by atoms with van der Waals surface area (Å²) in [7, 11) is 2.33. The summed E-state index contributed by atoms with van der Waals surface area (Å²) in [6.07, 6.45) is 8.54. The van der Waals surface area contributed by atoms with E-state index in [1.807, 2.05) is 0 Å². The number of rotatable bonds is 3. The molecule has 1 aliphatic rings. The van der Waals surface area contributed by atoms with Gasteiger partial charge in [-0.1, -0.05) is 42.8 Å². The Kier molecular flexibility index (Phi) is 3.79. The summed E-state index contributed by atoms with van der Waals surface area (Å²) in [5.41, 5.74) is 1.30. The Hall–Kier alpha value is -1.08. The van der Waals surface area contributed by atoms with Crippen molar-refractivity contribution >= 4 is 6.08 Å². The summed E-state index contributed by atoms with van der Waals surface area (Å²) < 4.78 is 1.10. The third kappa shape index (κ3) is 3.21. The molecule has 1 heteroatoms. The first-order chi connectivity index (χ1) is 7.79. The lowest BCUT2D eigenvalue weighted by Gasteiger charge is -2.46. The van der Waals surface area contributed by atoms with Gasteiger partial charge in [-0.05, 0) is 18.1 Å². The predicted molar refractivity (Wildman–Crippen MR) is 69.5 cm³/mol. The monoisotopic (exact) mass is 215 g/mol. The molecule has 0 amide bonds. The van der Waals surface area contributed by atoms with Crippen molar-refractivity contribution in [3.8, 4) is 0 Å². The standard InChI is InChI=1S/C15H21N/c1-16(12-6-3-7-13-16)14-8-11-15-9-4-2-5-10-15/h2,4-5,8-12H,3,6-7,13-14H2,1H3/b11-8+/t16-/m1/s1. The lowest BCUT2D eigenvalue weighted by molar-refractivity contribution is -0.879. The Balaban J connectivity index is 1.89. The lowest BCUT2D eigenvalue weighted by atomic mass is 10.1. The maximum atomic E-state index is 2.46. The van der Waals surface area contributed by atoms with E-state index in [9.17, 15) is 0 Å². The number of hydrogen-bond donors (Lipinski definition) is 0. The van der Waals surface area contributed by atoms with Gasteiger partial charge in [0.05, 0.1) is 13.1 Å². The molecule has 0 bridgehead atoms. The molecule has 0 aromatic heterocycles. The van der Waals surface area contributed by atoms with Gasteiger partial charge in [0, 0.05) is 7.05 Å². The molecule has 1 aliphatic heterocycles. The second-order valence-electron chi connectivity index (χ2n) is 4.88. The topological polar surface area (TPSA) is 0 Å². The summed E-state index contributed by atoms with van der Waals surface area (Å²) in [6.45, 7) is 4.87. The van der Waals surface area contributed by atoms with Gasteiger partial charge in [-0.25, -0.2) is 0 Å². The van der Waals surface area contributed by atoms with Crippen LogP contribution in [0.4, 0.5) is 0 Å². The molecule has 0 aliphatic carbocycles. The van der Waals surface area contributed by atoms with Crippen molar-refractivity contribution in [2.45, 2.75) is 19.3 Å². The van der Waals surface area contributed by atoms with E-state index in [0.29, 0.717) is 0 Å². The molecule has 0 spiro atoms. The van der Waals surface area contributed by atoms with Crippen LogP contribution in [0.25, 0.3) is 6.08 Å². The Bertz CT molecular complexity index is 334. The Labute approximate surface area is 99.0 Å². The normalized spacial score (nSPS) is 26.1. The average Bonchev–Trinajstić information content (AvgIpc) is 2.31. The molecule has 1 fully saturated rings. The first-order valence-corrected chi connectivity index (χ1v) is 6.19. The number of benzene rings is 1. The van der Waals surface area contributed by atoms with Gasteiger partial charge in [-0.15, -0.1) is 13.0 Å². The van der Waals surface area contributed by atoms with Crippen LogP contribution in [0.1, 0.15) is 24.8 Å². The zero-order valence-corrected chi connectivity index (χ0v) is 10.1. The molecule has 1 atom stereocenters. The molecule has 1 aromatic rings. The molecule has 0 unspecified atom stereocenters. The molecular formula is C15H21N. The molecule has 16 heavy (non-hydrogen) atoms. The average molecular weight is 215 g/mol. The highest BCUT2D eigenvalue weighted by Crippen LogP contribution is 2.20. The van der Waals surface area contributed by atoms with Crippen LogP contribution in [-0.4, -0.2) is 24.6 Å². The zero-order valence-electron chi connectivity index (χ0n) is 10.1. The van der Waals surface area contributed by atoms with Crippen molar-refractivity contribution in [2.24, 2.45) is 0 Å². The molecule has 1 aromatic carbocycles. The van der Waals surface area contributed by atoms with Crippen molar-refractivity contribution in [3.63, 3.8) is 0 Å². The van der Waals surface area contributed by atoms with E-state index in [4.69, 9.17) is 0 Å². The van der Waals surface area contributed by atoms with E-state index in [1.165, 1.54) is 31.4 Å². The summed E-state index contributed by atoms with van der Waals surface area (Å²) in [5, 5.41) is 0. The van der Waals surface area contributed by atoms with E-state index in [0.717, 1.165) is 11.0 Å². The Morgan fingerprint density at radius 1 is 1.25 bits per heavy atom. The molecule has 1 saturated heterocycles. The number of nitrogens with zero attached hydrogens (tertiary/aromatic N) is 1. The number of piperidine rings is 1. The maximum Gasteiger partial charge on any atom is 0.0735 e. The van der Waals surface area contributed by atoms with Gasteiger partial charge in [-0.2, -0.15) is 0 Å². The van der Waals surface area contributed by atoms with Crippen LogP contribution < -0.4 is 0 Å². The first-order valence-electron chi connectivity index (χ1n) is 6.19. The summed E-state index contributed by atoms with van der Waals surface area (Å²) >= 11 is 0. The van der Waals surface area contributed by atoms with Crippen molar-refractivity contribution < 1.29 is 4.48 Å². The lowest BCUT2D eigenvalue weighted by Crippen LogP contribution is -2.44. The zero-order chi connectivity index (χ0) is 11.3. The number of likely N-dealkylation sites (tertiary alicyclic amines) is 1. The van der Waals surface area contributed by atoms with Crippen molar-refractivity contribution in [1.82, 2.24) is 0 Å². The Morgan fingerprint density at radius 2 is 2.06 bits per heavy atom. The third-order valence-electron chi connectivity index (χ3n) is 3.33. The van der Waals surface area contributed by atoms with Gasteiger partial charge in [0.1, 0.15) is 0 Å². The quantitative estimate of drug-likeness (QED) is 0.535. The number of likely N-dealkylation sites (N-methyl/N-ethyl adjacent to an activating group) is 1. The smallest absolute Gasteiger partial charge is 0.0735 e. The van der Waals surface area contributed by atoms with E-state index >= 15 is 0 Å². The molecule has 1 nitrogen and oxygen atoms in total. The van der Waals surface area contributed by atoms with Gasteiger partial charge in [0.15, 0.2) is 0 Å². The van der Waals surface area contributed by atoms with Gasteiger partial charge >= 0.3 is 0 Å². The van der Waals surface area contributed by atoms with Crippen LogP contribution in [0.2, 0.25) is 0 Å². The minimum Gasteiger partial charge on any atom is -0.454 e. The predicted octanol–water partition coefficient (Wildman–Crippen LogP) is 3.49. The van der Waals surface area contributed by atoms with Crippen LogP contribution in [0, 0.1) is 6.54 Å². The summed E-state index contributed by atoms with van der Waals surface area (Å²) in [6, 6.07) is 10.5. The second kappa shape index (κ2) is 5.31. The van der Waals surface area contributed by atoms with E-state index in [1.54, 1.807) is 0 Å². The van der Waals surface area contributed by atoms with E-state index in [-0.39, 0.29) is 0 Å². The summed E-state index contributed by atoms with van der Waals surface area (Å²) in [5.74, 6) is 0. The van der Waals surface area contributed by atoms with Gasteiger partial charge in [0.2, 0.25) is 0 Å². The molecular weight excluding hydrogens is 194 g/mol. The van der Waals surface area contributed by atoms with Crippen molar-refractivity contribution in [3.05, 3.63) is 48.5 Å². The third-order valence-corrected chi connectivity index (χ3v) is 3.33. The first kappa shape index (κ1) is 11.4. The molecule has 2 rings (SSSR count). The fraction of sp³-hybridized carbons (Fsp3) is 0.400. The van der Waals surface area contributed by atoms with Crippen LogP contribution in [0.5, 0.6) is 0 Å². The highest BCUT2D eigenvalue weighted by molar-refractivity contribution is 5.48. The minimum absolute atomic E-state index is 1.10. The van der Waals surface area contributed by atoms with E-state index < -0.39 is 0 Å². The van der Waals surface area contributed by atoms with Crippen LogP contribution in [0.15, 0.2) is 36.4 Å². The van der Waals surface area contributed by atoms with Crippen LogP contribution in [0.3, 0.4) is 0 Å². The van der Waals surface area contributed by atoms with Crippen LogP contribution >= 0.6 is 0 Å². The van der Waals surface area contributed by atoms with Gasteiger partial charge < -0.3 is 4.48 Å². The fourth-order valence-electron chi connectivity index (χ4n) is 2.27. The molecule has 0 radical (unpaired) electrons. The van der Waals surface area contributed by atoms with Crippen LogP contribution in [-0.2, 0) is 0 Å². The molecule has 0 saturated carbocycles. The molecule has 86 valence electrons. The largest absolute Gasteiger partial charge is 0.454 e.